The Morgan fingerprint density at radius 1 is 1.31 bits per heavy atom. The van der Waals surface area contributed by atoms with Crippen LogP contribution in [0.1, 0.15) is 5.56 Å². The molecule has 1 aromatic heterocycles. The van der Waals surface area contributed by atoms with Crippen molar-refractivity contribution < 1.29 is 0 Å². The van der Waals surface area contributed by atoms with Crippen molar-refractivity contribution in [2.24, 2.45) is 4.99 Å². The molecule has 1 aliphatic rings. The molecule has 16 heavy (non-hydrogen) atoms. The molecule has 80 valence electrons. The maximum absolute atomic E-state index is 11.9. The molecule has 0 unspecified atom stereocenters. The number of nitrogens with zero attached hydrogens (tertiary/aromatic N) is 2. The standard InChI is InChI=1S/C12H10N2OS/c15-11-10(8-9-4-2-1-3-5-9)16-12-13-6-7-14(11)12/h1-5,8H,6-7H2/b10-8+. The fourth-order valence-electron chi connectivity index (χ4n) is 1.77. The van der Waals surface area contributed by atoms with Crippen molar-refractivity contribution >= 4 is 17.4 Å². The van der Waals surface area contributed by atoms with Crippen molar-refractivity contribution in [3.63, 3.8) is 0 Å². The van der Waals surface area contributed by atoms with E-state index in [9.17, 15) is 4.79 Å². The molecular formula is C12H10N2OS. The molecule has 0 saturated carbocycles. The molecule has 2 aromatic rings. The van der Waals surface area contributed by atoms with Gasteiger partial charge in [0, 0.05) is 6.54 Å². The minimum Gasteiger partial charge on any atom is -0.282 e. The molecule has 1 aromatic carbocycles. The van der Waals surface area contributed by atoms with E-state index < -0.39 is 0 Å². The van der Waals surface area contributed by atoms with Crippen LogP contribution in [0.2, 0.25) is 0 Å². The second kappa shape index (κ2) is 3.72. The van der Waals surface area contributed by atoms with E-state index in [0.29, 0.717) is 0 Å². The first-order chi connectivity index (χ1) is 7.84. The van der Waals surface area contributed by atoms with Crippen molar-refractivity contribution in [3.05, 3.63) is 55.6 Å². The predicted octanol–water partition coefficient (Wildman–Crippen LogP) is 0.372. The Kier molecular flexibility index (Phi) is 2.22. The van der Waals surface area contributed by atoms with Crippen LogP contribution in [-0.2, 0) is 6.54 Å². The number of fused-ring (bicyclic) bond motifs is 1. The molecule has 0 atom stereocenters. The highest BCUT2D eigenvalue weighted by Crippen LogP contribution is 1.98. The van der Waals surface area contributed by atoms with E-state index >= 15 is 0 Å². The van der Waals surface area contributed by atoms with Crippen molar-refractivity contribution in [2.75, 3.05) is 6.54 Å². The number of benzene rings is 1. The fraction of sp³-hybridized carbons (Fsp3) is 0.167. The lowest BCUT2D eigenvalue weighted by atomic mass is 10.2. The first-order valence-corrected chi connectivity index (χ1v) is 5.97. The van der Waals surface area contributed by atoms with E-state index in [1.165, 1.54) is 11.3 Å². The number of thiazole rings is 1. The summed E-state index contributed by atoms with van der Waals surface area (Å²) in [7, 11) is 0. The lowest BCUT2D eigenvalue weighted by Crippen LogP contribution is -2.29. The van der Waals surface area contributed by atoms with Gasteiger partial charge in [0.05, 0.1) is 11.1 Å². The van der Waals surface area contributed by atoms with Crippen LogP contribution in [0.25, 0.3) is 6.08 Å². The quantitative estimate of drug-likeness (QED) is 0.697. The summed E-state index contributed by atoms with van der Waals surface area (Å²) in [4.78, 5) is 17.1. The number of hydrogen-bond donors (Lipinski definition) is 0. The zero-order valence-corrected chi connectivity index (χ0v) is 9.41. The van der Waals surface area contributed by atoms with Gasteiger partial charge in [-0.25, -0.2) is 0 Å². The Bertz CT molecular complexity index is 682. The van der Waals surface area contributed by atoms with Gasteiger partial charge in [0.1, 0.15) is 0 Å². The predicted molar refractivity (Wildman–Crippen MR) is 64.2 cm³/mol. The largest absolute Gasteiger partial charge is 0.282 e. The minimum absolute atomic E-state index is 0.0881. The SMILES string of the molecule is O=c1/c(=C\c2ccccc2)sc2n1CCN=2. The molecule has 0 aliphatic carbocycles. The average molecular weight is 230 g/mol. The highest BCUT2D eigenvalue weighted by atomic mass is 32.1. The van der Waals surface area contributed by atoms with Gasteiger partial charge in [-0.15, -0.1) is 0 Å². The summed E-state index contributed by atoms with van der Waals surface area (Å²) in [5.41, 5.74) is 1.14. The van der Waals surface area contributed by atoms with Crippen LogP contribution >= 0.6 is 11.3 Å². The number of aromatic nitrogens is 1. The van der Waals surface area contributed by atoms with Crippen LogP contribution in [0.4, 0.5) is 0 Å². The summed E-state index contributed by atoms with van der Waals surface area (Å²) in [6, 6.07) is 9.89. The number of hydrogen-bond acceptors (Lipinski definition) is 3. The Morgan fingerprint density at radius 3 is 2.88 bits per heavy atom. The van der Waals surface area contributed by atoms with Gasteiger partial charge in [-0.3, -0.25) is 14.4 Å². The zero-order chi connectivity index (χ0) is 11.0. The van der Waals surface area contributed by atoms with E-state index in [1.54, 1.807) is 4.57 Å². The molecule has 3 rings (SSSR count). The first kappa shape index (κ1) is 9.54. The highest BCUT2D eigenvalue weighted by molar-refractivity contribution is 7.07. The molecule has 4 heteroatoms. The Labute approximate surface area is 96.0 Å². The topological polar surface area (TPSA) is 34.4 Å². The Balaban J connectivity index is 2.22. The van der Waals surface area contributed by atoms with Gasteiger partial charge < -0.3 is 0 Å². The van der Waals surface area contributed by atoms with Crippen LogP contribution in [0.5, 0.6) is 0 Å². The monoisotopic (exact) mass is 230 g/mol. The summed E-state index contributed by atoms with van der Waals surface area (Å²) in [6.07, 6.45) is 1.92. The lowest BCUT2D eigenvalue weighted by molar-refractivity contribution is 0.740. The van der Waals surface area contributed by atoms with E-state index in [4.69, 9.17) is 0 Å². The Hall–Kier alpha value is -1.68. The smallest absolute Gasteiger partial charge is 0.270 e. The molecule has 0 amide bonds. The fourth-order valence-corrected chi connectivity index (χ4v) is 2.80. The second-order valence-corrected chi connectivity index (χ2v) is 4.65. The minimum atomic E-state index is 0.0881. The molecular weight excluding hydrogens is 220 g/mol. The second-order valence-electron chi connectivity index (χ2n) is 3.64. The summed E-state index contributed by atoms with van der Waals surface area (Å²) in [5.74, 6) is 0. The van der Waals surface area contributed by atoms with Gasteiger partial charge >= 0.3 is 0 Å². The molecule has 2 heterocycles. The lowest BCUT2D eigenvalue weighted by Gasteiger charge is -1.89. The summed E-state index contributed by atoms with van der Waals surface area (Å²) in [6.45, 7) is 1.47. The molecule has 0 radical (unpaired) electrons. The van der Waals surface area contributed by atoms with Gasteiger partial charge in [-0.1, -0.05) is 41.7 Å². The Morgan fingerprint density at radius 2 is 2.12 bits per heavy atom. The molecule has 0 saturated heterocycles. The molecule has 0 fully saturated rings. The van der Waals surface area contributed by atoms with Gasteiger partial charge in [0.15, 0.2) is 4.80 Å². The van der Waals surface area contributed by atoms with Gasteiger partial charge in [-0.05, 0) is 11.6 Å². The van der Waals surface area contributed by atoms with Crippen molar-refractivity contribution in [1.29, 1.82) is 0 Å². The van der Waals surface area contributed by atoms with E-state index in [-0.39, 0.29) is 5.56 Å². The van der Waals surface area contributed by atoms with Gasteiger partial charge in [0.2, 0.25) is 0 Å². The van der Waals surface area contributed by atoms with Crippen LogP contribution in [-0.4, -0.2) is 11.1 Å². The molecule has 0 bridgehead atoms. The summed E-state index contributed by atoms with van der Waals surface area (Å²) in [5, 5.41) is 0. The summed E-state index contributed by atoms with van der Waals surface area (Å²) < 4.78 is 2.52. The molecule has 1 aliphatic heterocycles. The number of rotatable bonds is 1. The van der Waals surface area contributed by atoms with Crippen molar-refractivity contribution in [2.45, 2.75) is 6.54 Å². The van der Waals surface area contributed by atoms with Crippen LogP contribution < -0.4 is 14.9 Å². The third-order valence-corrected chi connectivity index (χ3v) is 3.60. The van der Waals surface area contributed by atoms with Gasteiger partial charge in [-0.2, -0.15) is 0 Å². The third-order valence-electron chi connectivity index (χ3n) is 2.56. The van der Waals surface area contributed by atoms with Gasteiger partial charge in [0.25, 0.3) is 5.56 Å². The van der Waals surface area contributed by atoms with E-state index in [0.717, 1.165) is 28.0 Å². The zero-order valence-electron chi connectivity index (χ0n) is 8.59. The van der Waals surface area contributed by atoms with Crippen LogP contribution in [0.3, 0.4) is 0 Å². The average Bonchev–Trinajstić information content (AvgIpc) is 2.86. The third kappa shape index (κ3) is 1.51. The summed E-state index contributed by atoms with van der Waals surface area (Å²) >= 11 is 1.47. The first-order valence-electron chi connectivity index (χ1n) is 5.15. The molecule has 0 N–H and O–H groups in total. The maximum atomic E-state index is 11.9. The highest BCUT2D eigenvalue weighted by Gasteiger charge is 2.08. The normalized spacial score (nSPS) is 14.9. The van der Waals surface area contributed by atoms with Crippen molar-refractivity contribution in [1.82, 2.24) is 4.57 Å². The van der Waals surface area contributed by atoms with E-state index in [1.807, 2.05) is 36.4 Å². The van der Waals surface area contributed by atoms with E-state index in [2.05, 4.69) is 4.99 Å². The van der Waals surface area contributed by atoms with Crippen molar-refractivity contribution in [3.8, 4) is 0 Å². The maximum Gasteiger partial charge on any atom is 0.270 e. The molecule has 3 nitrogen and oxygen atoms in total. The van der Waals surface area contributed by atoms with Crippen LogP contribution in [0.15, 0.2) is 40.1 Å². The van der Waals surface area contributed by atoms with Crippen LogP contribution in [0, 0.1) is 0 Å². The molecule has 0 spiro atoms.